The number of aromatic nitrogens is 1. The molecule has 0 saturated heterocycles. The molecule has 0 spiro atoms. The molecule has 18 heavy (non-hydrogen) atoms. The topological polar surface area (TPSA) is 48.7 Å². The largest absolute Gasteiger partial charge is 0.383 e. The Morgan fingerprint density at radius 3 is 2.89 bits per heavy atom. The Labute approximate surface area is 107 Å². The van der Waals surface area contributed by atoms with Crippen LogP contribution in [0, 0.1) is 18.3 Å². The SMILES string of the molecule is Cc1cccc(C#N)c1NCCc1cccnc1. The molecular weight excluding hydrogens is 222 g/mol. The van der Waals surface area contributed by atoms with Gasteiger partial charge in [0.2, 0.25) is 0 Å². The van der Waals surface area contributed by atoms with Gasteiger partial charge in [0.05, 0.1) is 11.3 Å². The molecule has 1 aromatic carbocycles. The molecule has 3 nitrogen and oxygen atoms in total. The van der Waals surface area contributed by atoms with Crippen LogP contribution < -0.4 is 5.32 Å². The number of aryl methyl sites for hydroxylation is 1. The van der Waals surface area contributed by atoms with Crippen molar-refractivity contribution in [3.05, 3.63) is 59.4 Å². The molecular formula is C15H15N3. The number of hydrogen-bond donors (Lipinski definition) is 1. The van der Waals surface area contributed by atoms with Crippen molar-refractivity contribution in [3.63, 3.8) is 0 Å². The minimum absolute atomic E-state index is 0.696. The average molecular weight is 237 g/mol. The van der Waals surface area contributed by atoms with Crippen molar-refractivity contribution < 1.29 is 0 Å². The van der Waals surface area contributed by atoms with E-state index in [1.54, 1.807) is 6.20 Å². The van der Waals surface area contributed by atoms with Crippen LogP contribution in [0.1, 0.15) is 16.7 Å². The molecule has 0 aliphatic heterocycles. The lowest BCUT2D eigenvalue weighted by Crippen LogP contribution is -2.07. The second-order valence-electron chi connectivity index (χ2n) is 4.15. The van der Waals surface area contributed by atoms with Crippen molar-refractivity contribution in [2.75, 3.05) is 11.9 Å². The van der Waals surface area contributed by atoms with E-state index in [-0.39, 0.29) is 0 Å². The highest BCUT2D eigenvalue weighted by atomic mass is 14.9. The summed E-state index contributed by atoms with van der Waals surface area (Å²) in [5.74, 6) is 0. The Kier molecular flexibility index (Phi) is 3.93. The number of benzene rings is 1. The van der Waals surface area contributed by atoms with Crippen molar-refractivity contribution in [3.8, 4) is 6.07 Å². The predicted molar refractivity (Wildman–Crippen MR) is 72.3 cm³/mol. The van der Waals surface area contributed by atoms with E-state index in [0.29, 0.717) is 5.56 Å². The monoisotopic (exact) mass is 237 g/mol. The molecule has 0 saturated carbocycles. The first-order valence-electron chi connectivity index (χ1n) is 5.94. The number of pyridine rings is 1. The van der Waals surface area contributed by atoms with Gasteiger partial charge in [-0.15, -0.1) is 0 Å². The van der Waals surface area contributed by atoms with E-state index in [1.165, 1.54) is 5.56 Å². The molecule has 0 aliphatic carbocycles. The highest BCUT2D eigenvalue weighted by Gasteiger charge is 2.03. The van der Waals surface area contributed by atoms with Crippen LogP contribution in [0.2, 0.25) is 0 Å². The summed E-state index contributed by atoms with van der Waals surface area (Å²) in [5, 5.41) is 12.4. The first-order chi connectivity index (χ1) is 8.81. The Morgan fingerprint density at radius 1 is 1.28 bits per heavy atom. The number of anilines is 1. The third-order valence-corrected chi connectivity index (χ3v) is 2.83. The van der Waals surface area contributed by atoms with Crippen molar-refractivity contribution in [1.29, 1.82) is 5.26 Å². The number of nitrogens with one attached hydrogen (secondary N) is 1. The molecule has 1 heterocycles. The van der Waals surface area contributed by atoms with Gasteiger partial charge >= 0.3 is 0 Å². The number of rotatable bonds is 4. The third kappa shape index (κ3) is 2.86. The number of hydrogen-bond acceptors (Lipinski definition) is 3. The predicted octanol–water partition coefficient (Wildman–Crippen LogP) is 2.92. The molecule has 90 valence electrons. The number of nitriles is 1. The lowest BCUT2D eigenvalue weighted by Gasteiger charge is -2.10. The maximum absolute atomic E-state index is 9.06. The van der Waals surface area contributed by atoms with Gasteiger partial charge in [0.25, 0.3) is 0 Å². The standard InChI is InChI=1S/C15H15N3/c1-12-4-2-6-14(10-16)15(12)18-9-7-13-5-3-8-17-11-13/h2-6,8,11,18H,7,9H2,1H3. The lowest BCUT2D eigenvalue weighted by molar-refractivity contribution is 1.00. The van der Waals surface area contributed by atoms with Crippen LogP contribution in [-0.2, 0) is 6.42 Å². The van der Waals surface area contributed by atoms with E-state index in [4.69, 9.17) is 5.26 Å². The maximum atomic E-state index is 9.06. The van der Waals surface area contributed by atoms with Crippen molar-refractivity contribution >= 4 is 5.69 Å². The molecule has 2 aromatic rings. The minimum atomic E-state index is 0.696. The van der Waals surface area contributed by atoms with Gasteiger partial charge in [-0.2, -0.15) is 5.26 Å². The van der Waals surface area contributed by atoms with Crippen LogP contribution in [0.4, 0.5) is 5.69 Å². The van der Waals surface area contributed by atoms with Crippen molar-refractivity contribution in [2.45, 2.75) is 13.3 Å². The smallest absolute Gasteiger partial charge is 0.101 e. The number of para-hydroxylation sites is 1. The second kappa shape index (κ2) is 5.83. The minimum Gasteiger partial charge on any atom is -0.383 e. The summed E-state index contributed by atoms with van der Waals surface area (Å²) in [5.41, 5.74) is 3.92. The summed E-state index contributed by atoms with van der Waals surface area (Å²) in [4.78, 5) is 4.08. The van der Waals surface area contributed by atoms with Crippen LogP contribution in [0.25, 0.3) is 0 Å². The van der Waals surface area contributed by atoms with E-state index >= 15 is 0 Å². The second-order valence-corrected chi connectivity index (χ2v) is 4.15. The Morgan fingerprint density at radius 2 is 2.17 bits per heavy atom. The van der Waals surface area contributed by atoms with Gasteiger partial charge in [-0.3, -0.25) is 4.98 Å². The zero-order chi connectivity index (χ0) is 12.8. The van der Waals surface area contributed by atoms with E-state index in [9.17, 15) is 0 Å². The van der Waals surface area contributed by atoms with E-state index < -0.39 is 0 Å². The van der Waals surface area contributed by atoms with Crippen LogP contribution >= 0.6 is 0 Å². The van der Waals surface area contributed by atoms with Gasteiger partial charge in [-0.1, -0.05) is 18.2 Å². The molecule has 0 radical (unpaired) electrons. The lowest BCUT2D eigenvalue weighted by atomic mass is 10.1. The van der Waals surface area contributed by atoms with Gasteiger partial charge in [0.1, 0.15) is 6.07 Å². The molecule has 2 rings (SSSR count). The van der Waals surface area contributed by atoms with Crippen molar-refractivity contribution in [2.24, 2.45) is 0 Å². The van der Waals surface area contributed by atoms with Crippen LogP contribution in [0.5, 0.6) is 0 Å². The fraction of sp³-hybridized carbons (Fsp3) is 0.200. The van der Waals surface area contributed by atoms with Crippen LogP contribution in [-0.4, -0.2) is 11.5 Å². The summed E-state index contributed by atoms with van der Waals surface area (Å²) in [6.45, 7) is 2.80. The fourth-order valence-corrected chi connectivity index (χ4v) is 1.87. The van der Waals surface area contributed by atoms with Crippen LogP contribution in [0.15, 0.2) is 42.7 Å². The van der Waals surface area contributed by atoms with Gasteiger partial charge in [-0.25, -0.2) is 0 Å². The number of nitrogens with zero attached hydrogens (tertiary/aromatic N) is 2. The zero-order valence-electron chi connectivity index (χ0n) is 10.4. The summed E-state index contributed by atoms with van der Waals surface area (Å²) < 4.78 is 0. The first kappa shape index (κ1) is 12.1. The maximum Gasteiger partial charge on any atom is 0.101 e. The fourth-order valence-electron chi connectivity index (χ4n) is 1.87. The van der Waals surface area contributed by atoms with Crippen molar-refractivity contribution in [1.82, 2.24) is 4.98 Å². The molecule has 0 atom stereocenters. The quantitative estimate of drug-likeness (QED) is 0.889. The zero-order valence-corrected chi connectivity index (χ0v) is 10.4. The average Bonchev–Trinajstić information content (AvgIpc) is 2.41. The Balaban J connectivity index is 2.01. The highest BCUT2D eigenvalue weighted by molar-refractivity contribution is 5.62. The molecule has 0 fully saturated rings. The van der Waals surface area contributed by atoms with Gasteiger partial charge in [-0.05, 0) is 36.6 Å². The first-order valence-corrected chi connectivity index (χ1v) is 5.94. The van der Waals surface area contributed by atoms with Gasteiger partial charge in [0.15, 0.2) is 0 Å². The van der Waals surface area contributed by atoms with Gasteiger partial charge in [0, 0.05) is 18.9 Å². The molecule has 1 aromatic heterocycles. The normalized spacial score (nSPS) is 9.78. The molecule has 1 N–H and O–H groups in total. The molecule has 3 heteroatoms. The Hall–Kier alpha value is -2.34. The van der Waals surface area contributed by atoms with Gasteiger partial charge < -0.3 is 5.32 Å². The highest BCUT2D eigenvalue weighted by Crippen LogP contribution is 2.19. The molecule has 0 bridgehead atoms. The molecule has 0 amide bonds. The van der Waals surface area contributed by atoms with Crippen LogP contribution in [0.3, 0.4) is 0 Å². The van der Waals surface area contributed by atoms with E-state index in [1.807, 2.05) is 37.4 Å². The molecule has 0 aliphatic rings. The summed E-state index contributed by atoms with van der Waals surface area (Å²) >= 11 is 0. The summed E-state index contributed by atoms with van der Waals surface area (Å²) in [7, 11) is 0. The Bertz CT molecular complexity index is 556. The van der Waals surface area contributed by atoms with E-state index in [2.05, 4.69) is 22.4 Å². The molecule has 0 unspecified atom stereocenters. The summed E-state index contributed by atoms with van der Waals surface area (Å²) in [6, 6.07) is 11.9. The summed E-state index contributed by atoms with van der Waals surface area (Å²) in [6.07, 6.45) is 4.53. The third-order valence-electron chi connectivity index (χ3n) is 2.83. The van der Waals surface area contributed by atoms with E-state index in [0.717, 1.165) is 24.2 Å².